The van der Waals surface area contributed by atoms with Crippen LogP contribution in [0.4, 0.5) is 13.2 Å². The molecule has 1 fully saturated rings. The zero-order valence-corrected chi connectivity index (χ0v) is 13.7. The summed E-state index contributed by atoms with van der Waals surface area (Å²) >= 11 is 0. The van der Waals surface area contributed by atoms with Gasteiger partial charge in [0, 0.05) is 32.2 Å². The van der Waals surface area contributed by atoms with Crippen molar-refractivity contribution in [3.05, 3.63) is 29.8 Å². The first-order valence-corrected chi connectivity index (χ1v) is 8.15. The van der Waals surface area contributed by atoms with Crippen molar-refractivity contribution in [2.24, 2.45) is 5.92 Å². The Hall–Kier alpha value is -1.27. The van der Waals surface area contributed by atoms with E-state index < -0.39 is 6.36 Å². The highest BCUT2D eigenvalue weighted by molar-refractivity contribution is 5.31. The molecule has 130 valence electrons. The van der Waals surface area contributed by atoms with Gasteiger partial charge in [-0.1, -0.05) is 26.0 Å². The Labute approximate surface area is 135 Å². The molecule has 0 amide bonds. The third-order valence-electron chi connectivity index (χ3n) is 4.09. The Morgan fingerprint density at radius 2 is 1.87 bits per heavy atom. The van der Waals surface area contributed by atoms with Crippen LogP contribution in [0, 0.1) is 5.92 Å². The standard InChI is InChI=1S/C17H25F3N2O/c1-13(2)6-7-16(22-10-8-21-9-11-22)14-4-3-5-15(12-14)23-17(18,19)20/h3-5,12-13,16,21H,6-11H2,1-2H3/t16-/m1/s1. The molecule has 0 saturated carbocycles. The quantitative estimate of drug-likeness (QED) is 0.854. The predicted octanol–water partition coefficient (Wildman–Crippen LogP) is 3.97. The molecule has 1 saturated heterocycles. The minimum Gasteiger partial charge on any atom is -0.406 e. The number of hydrogen-bond donors (Lipinski definition) is 1. The van der Waals surface area contributed by atoms with Crippen molar-refractivity contribution in [3.8, 4) is 5.75 Å². The maximum absolute atomic E-state index is 12.4. The summed E-state index contributed by atoms with van der Waals surface area (Å²) in [6, 6.07) is 6.56. The van der Waals surface area contributed by atoms with Crippen molar-refractivity contribution in [1.82, 2.24) is 10.2 Å². The molecule has 0 bridgehead atoms. The lowest BCUT2D eigenvalue weighted by Crippen LogP contribution is -2.45. The van der Waals surface area contributed by atoms with Crippen molar-refractivity contribution in [1.29, 1.82) is 0 Å². The van der Waals surface area contributed by atoms with E-state index in [1.54, 1.807) is 6.07 Å². The van der Waals surface area contributed by atoms with E-state index >= 15 is 0 Å². The first kappa shape index (κ1) is 18.1. The van der Waals surface area contributed by atoms with Crippen LogP contribution in [0.2, 0.25) is 0 Å². The molecule has 1 aliphatic rings. The van der Waals surface area contributed by atoms with Gasteiger partial charge < -0.3 is 10.1 Å². The number of halogens is 3. The fourth-order valence-corrected chi connectivity index (χ4v) is 2.96. The molecule has 23 heavy (non-hydrogen) atoms. The molecule has 1 aliphatic heterocycles. The summed E-state index contributed by atoms with van der Waals surface area (Å²) in [7, 11) is 0. The minimum absolute atomic E-state index is 0.135. The zero-order chi connectivity index (χ0) is 16.9. The van der Waals surface area contributed by atoms with Gasteiger partial charge in [-0.05, 0) is 36.5 Å². The number of nitrogens with zero attached hydrogens (tertiary/aromatic N) is 1. The number of hydrogen-bond acceptors (Lipinski definition) is 3. The van der Waals surface area contributed by atoms with Crippen LogP contribution in [-0.2, 0) is 0 Å². The van der Waals surface area contributed by atoms with Gasteiger partial charge in [-0.2, -0.15) is 0 Å². The Morgan fingerprint density at radius 3 is 2.48 bits per heavy atom. The molecule has 0 aliphatic carbocycles. The van der Waals surface area contributed by atoms with Crippen LogP contribution in [-0.4, -0.2) is 37.4 Å². The van der Waals surface area contributed by atoms with E-state index in [-0.39, 0.29) is 11.8 Å². The third-order valence-corrected chi connectivity index (χ3v) is 4.09. The molecule has 1 heterocycles. The van der Waals surface area contributed by atoms with Gasteiger partial charge in [0.25, 0.3) is 0 Å². The number of ether oxygens (including phenoxy) is 1. The second-order valence-electron chi connectivity index (χ2n) is 6.39. The van der Waals surface area contributed by atoms with Crippen molar-refractivity contribution in [2.75, 3.05) is 26.2 Å². The van der Waals surface area contributed by atoms with Gasteiger partial charge in [0.05, 0.1) is 0 Å². The Kier molecular flexibility index (Phi) is 6.30. The summed E-state index contributed by atoms with van der Waals surface area (Å²) in [5, 5.41) is 3.31. The average molecular weight is 330 g/mol. The molecule has 0 spiro atoms. The van der Waals surface area contributed by atoms with Crippen LogP contribution in [0.5, 0.6) is 5.75 Å². The first-order chi connectivity index (χ1) is 10.8. The molecular formula is C17H25F3N2O. The first-order valence-electron chi connectivity index (χ1n) is 8.15. The van der Waals surface area contributed by atoms with E-state index in [9.17, 15) is 13.2 Å². The van der Waals surface area contributed by atoms with Gasteiger partial charge in [-0.15, -0.1) is 13.2 Å². The topological polar surface area (TPSA) is 24.5 Å². The molecule has 1 aromatic carbocycles. The number of rotatable bonds is 6. The number of benzene rings is 1. The number of alkyl halides is 3. The maximum atomic E-state index is 12.4. The lowest BCUT2D eigenvalue weighted by molar-refractivity contribution is -0.274. The van der Waals surface area contributed by atoms with E-state index in [4.69, 9.17) is 0 Å². The third kappa shape index (κ3) is 6.03. The van der Waals surface area contributed by atoms with Crippen LogP contribution in [0.25, 0.3) is 0 Å². The van der Waals surface area contributed by atoms with E-state index in [0.29, 0.717) is 5.92 Å². The van der Waals surface area contributed by atoms with Gasteiger partial charge >= 0.3 is 6.36 Å². The summed E-state index contributed by atoms with van der Waals surface area (Å²) < 4.78 is 41.4. The van der Waals surface area contributed by atoms with Crippen LogP contribution >= 0.6 is 0 Å². The molecule has 1 N–H and O–H groups in total. The summed E-state index contributed by atoms with van der Waals surface area (Å²) in [5.74, 6) is 0.426. The van der Waals surface area contributed by atoms with Crippen LogP contribution in [0.15, 0.2) is 24.3 Å². The van der Waals surface area contributed by atoms with Crippen LogP contribution < -0.4 is 10.1 Å². The fourth-order valence-electron chi connectivity index (χ4n) is 2.96. The van der Waals surface area contributed by atoms with E-state index in [1.165, 1.54) is 12.1 Å². The molecule has 3 nitrogen and oxygen atoms in total. The van der Waals surface area contributed by atoms with Crippen molar-refractivity contribution in [3.63, 3.8) is 0 Å². The van der Waals surface area contributed by atoms with Gasteiger partial charge in [-0.3, -0.25) is 4.90 Å². The van der Waals surface area contributed by atoms with E-state index in [1.807, 2.05) is 6.07 Å². The van der Waals surface area contributed by atoms with Crippen molar-refractivity contribution in [2.45, 2.75) is 39.1 Å². The smallest absolute Gasteiger partial charge is 0.406 e. The highest BCUT2D eigenvalue weighted by atomic mass is 19.4. The summed E-state index contributed by atoms with van der Waals surface area (Å²) in [6.45, 7) is 7.98. The Bertz CT molecular complexity index is 485. The van der Waals surface area contributed by atoms with Gasteiger partial charge in [-0.25, -0.2) is 0 Å². The van der Waals surface area contributed by atoms with Crippen molar-refractivity contribution >= 4 is 0 Å². The molecule has 0 unspecified atom stereocenters. The van der Waals surface area contributed by atoms with E-state index in [0.717, 1.165) is 44.6 Å². The fraction of sp³-hybridized carbons (Fsp3) is 0.647. The van der Waals surface area contributed by atoms with Gasteiger partial charge in [0.15, 0.2) is 0 Å². The second-order valence-corrected chi connectivity index (χ2v) is 6.39. The van der Waals surface area contributed by atoms with Crippen LogP contribution in [0.1, 0.15) is 38.3 Å². The summed E-state index contributed by atoms with van der Waals surface area (Å²) in [4.78, 5) is 2.35. The molecule has 2 rings (SSSR count). The SMILES string of the molecule is CC(C)CC[C@H](c1cccc(OC(F)(F)F)c1)N1CCNCC1. The monoisotopic (exact) mass is 330 g/mol. The minimum atomic E-state index is -4.65. The van der Waals surface area contributed by atoms with E-state index in [2.05, 4.69) is 28.8 Å². The largest absolute Gasteiger partial charge is 0.573 e. The Balaban J connectivity index is 2.17. The molecule has 0 radical (unpaired) electrons. The van der Waals surface area contributed by atoms with Gasteiger partial charge in [0.1, 0.15) is 5.75 Å². The number of nitrogens with one attached hydrogen (secondary N) is 1. The molecule has 6 heteroatoms. The highest BCUT2D eigenvalue weighted by Gasteiger charge is 2.31. The van der Waals surface area contributed by atoms with Crippen molar-refractivity contribution < 1.29 is 17.9 Å². The zero-order valence-electron chi connectivity index (χ0n) is 13.7. The maximum Gasteiger partial charge on any atom is 0.573 e. The molecule has 0 aromatic heterocycles. The summed E-state index contributed by atoms with van der Waals surface area (Å²) in [6.07, 6.45) is -2.67. The second kappa shape index (κ2) is 8.02. The normalized spacial score (nSPS) is 18.2. The average Bonchev–Trinajstić information content (AvgIpc) is 2.47. The number of piperazine rings is 1. The van der Waals surface area contributed by atoms with Gasteiger partial charge in [0.2, 0.25) is 0 Å². The lowest BCUT2D eigenvalue weighted by atomic mass is 9.95. The lowest BCUT2D eigenvalue weighted by Gasteiger charge is -2.35. The highest BCUT2D eigenvalue weighted by Crippen LogP contribution is 2.31. The van der Waals surface area contributed by atoms with Crippen LogP contribution in [0.3, 0.4) is 0 Å². The molecular weight excluding hydrogens is 305 g/mol. The molecule has 1 aromatic rings. The Morgan fingerprint density at radius 1 is 1.17 bits per heavy atom. The molecule has 1 atom stereocenters. The summed E-state index contributed by atoms with van der Waals surface area (Å²) in [5.41, 5.74) is 0.898. The predicted molar refractivity (Wildman–Crippen MR) is 84.4 cm³/mol.